The molecule has 6 heteroatoms. The average Bonchev–Trinajstić information content (AvgIpc) is 3.04. The predicted molar refractivity (Wildman–Crippen MR) is 103 cm³/mol. The number of hydrogen-bond donors (Lipinski definition) is 1. The summed E-state index contributed by atoms with van der Waals surface area (Å²) in [4.78, 5) is 12.5. The number of hydrogen-bond acceptors (Lipinski definition) is 3. The van der Waals surface area contributed by atoms with Crippen molar-refractivity contribution in [3.63, 3.8) is 0 Å². The van der Waals surface area contributed by atoms with Gasteiger partial charge in [0.05, 0.1) is 26.3 Å². The highest BCUT2D eigenvalue weighted by Crippen LogP contribution is 2.21. The van der Waals surface area contributed by atoms with Gasteiger partial charge in [0.1, 0.15) is 11.6 Å². The first kappa shape index (κ1) is 18.0. The number of ether oxygens (including phenoxy) is 1. The SMILES string of the molecule is COc1ccc(C)cc1CC(=O)Nc1ccnn1Cc1ccc(Cl)cc1. The quantitative estimate of drug-likeness (QED) is 0.712. The lowest BCUT2D eigenvalue weighted by molar-refractivity contribution is -0.115. The van der Waals surface area contributed by atoms with Gasteiger partial charge in [-0.25, -0.2) is 4.68 Å². The molecule has 26 heavy (non-hydrogen) atoms. The fourth-order valence-corrected chi connectivity index (χ4v) is 2.86. The summed E-state index contributed by atoms with van der Waals surface area (Å²) < 4.78 is 7.09. The van der Waals surface area contributed by atoms with E-state index in [0.717, 1.165) is 16.7 Å². The van der Waals surface area contributed by atoms with E-state index in [2.05, 4.69) is 10.4 Å². The number of rotatable bonds is 6. The summed E-state index contributed by atoms with van der Waals surface area (Å²) in [6.07, 6.45) is 1.90. The molecule has 0 atom stereocenters. The first-order chi connectivity index (χ1) is 12.5. The van der Waals surface area contributed by atoms with Crippen molar-refractivity contribution in [2.24, 2.45) is 0 Å². The predicted octanol–water partition coefficient (Wildman–Crippen LogP) is 4.08. The van der Waals surface area contributed by atoms with Gasteiger partial charge in [-0.3, -0.25) is 4.79 Å². The topological polar surface area (TPSA) is 56.1 Å². The molecule has 1 aromatic heterocycles. The number of aryl methyl sites for hydroxylation is 1. The van der Waals surface area contributed by atoms with Crippen molar-refractivity contribution in [2.45, 2.75) is 19.9 Å². The number of anilines is 1. The average molecular weight is 370 g/mol. The molecule has 0 unspecified atom stereocenters. The highest BCUT2D eigenvalue weighted by atomic mass is 35.5. The van der Waals surface area contributed by atoms with Gasteiger partial charge >= 0.3 is 0 Å². The lowest BCUT2D eigenvalue weighted by atomic mass is 10.1. The summed E-state index contributed by atoms with van der Waals surface area (Å²) >= 11 is 5.92. The zero-order valence-corrected chi connectivity index (χ0v) is 15.5. The summed E-state index contributed by atoms with van der Waals surface area (Å²) in [6, 6.07) is 15.1. The van der Waals surface area contributed by atoms with Gasteiger partial charge in [-0.1, -0.05) is 41.4 Å². The van der Waals surface area contributed by atoms with Crippen molar-refractivity contribution in [3.8, 4) is 5.75 Å². The van der Waals surface area contributed by atoms with E-state index in [-0.39, 0.29) is 12.3 Å². The molecule has 0 aliphatic heterocycles. The molecule has 1 heterocycles. The molecule has 0 radical (unpaired) electrons. The Morgan fingerprint density at radius 3 is 2.69 bits per heavy atom. The van der Waals surface area contributed by atoms with Crippen LogP contribution in [0.25, 0.3) is 0 Å². The van der Waals surface area contributed by atoms with Crippen molar-refractivity contribution in [3.05, 3.63) is 76.4 Å². The molecule has 5 nitrogen and oxygen atoms in total. The second kappa shape index (κ2) is 8.06. The van der Waals surface area contributed by atoms with Gasteiger partial charge in [-0.05, 0) is 30.7 Å². The van der Waals surface area contributed by atoms with Crippen LogP contribution in [-0.4, -0.2) is 22.8 Å². The van der Waals surface area contributed by atoms with Crippen LogP contribution in [-0.2, 0) is 17.8 Å². The van der Waals surface area contributed by atoms with Crippen LogP contribution in [0.1, 0.15) is 16.7 Å². The molecule has 3 rings (SSSR count). The molecular formula is C20H20ClN3O2. The number of halogens is 1. The lowest BCUT2D eigenvalue weighted by Gasteiger charge is -2.11. The zero-order valence-electron chi connectivity index (χ0n) is 14.7. The van der Waals surface area contributed by atoms with E-state index < -0.39 is 0 Å². The molecule has 1 N–H and O–H groups in total. The number of benzene rings is 2. The number of aromatic nitrogens is 2. The van der Waals surface area contributed by atoms with Gasteiger partial charge in [0.2, 0.25) is 5.91 Å². The van der Waals surface area contributed by atoms with E-state index in [1.54, 1.807) is 24.1 Å². The van der Waals surface area contributed by atoms with E-state index in [9.17, 15) is 4.79 Å². The fraction of sp³-hybridized carbons (Fsp3) is 0.200. The third-order valence-electron chi connectivity index (χ3n) is 4.02. The maximum absolute atomic E-state index is 12.5. The monoisotopic (exact) mass is 369 g/mol. The highest BCUT2D eigenvalue weighted by molar-refractivity contribution is 6.30. The molecule has 0 aliphatic carbocycles. The Balaban J connectivity index is 1.70. The first-order valence-corrected chi connectivity index (χ1v) is 8.62. The molecule has 0 spiro atoms. The maximum Gasteiger partial charge on any atom is 0.230 e. The largest absolute Gasteiger partial charge is 0.496 e. The summed E-state index contributed by atoms with van der Waals surface area (Å²) in [5.41, 5.74) is 2.99. The molecular weight excluding hydrogens is 350 g/mol. The Labute approximate surface area is 157 Å². The van der Waals surface area contributed by atoms with E-state index in [1.807, 2.05) is 49.4 Å². The molecule has 1 amide bonds. The summed E-state index contributed by atoms with van der Waals surface area (Å²) in [6.45, 7) is 2.54. The van der Waals surface area contributed by atoms with Crippen molar-refractivity contribution in [2.75, 3.05) is 12.4 Å². The Morgan fingerprint density at radius 2 is 1.96 bits per heavy atom. The number of methoxy groups -OCH3 is 1. The van der Waals surface area contributed by atoms with Crippen LogP contribution in [0.5, 0.6) is 5.75 Å². The molecule has 3 aromatic rings. The third kappa shape index (κ3) is 4.43. The van der Waals surface area contributed by atoms with Crippen LogP contribution in [0.2, 0.25) is 5.02 Å². The van der Waals surface area contributed by atoms with Gasteiger partial charge in [0.15, 0.2) is 0 Å². The molecule has 0 aliphatic rings. The number of carbonyl (C=O) groups is 1. The van der Waals surface area contributed by atoms with Crippen LogP contribution in [0.15, 0.2) is 54.7 Å². The molecule has 134 valence electrons. The Morgan fingerprint density at radius 1 is 1.19 bits per heavy atom. The standard InChI is InChI=1S/C20H20ClN3O2/c1-14-3-8-18(26-2)16(11-14)12-20(25)23-19-9-10-22-24(19)13-15-4-6-17(21)7-5-15/h3-11H,12-13H2,1-2H3,(H,23,25). The van der Waals surface area contributed by atoms with Crippen LogP contribution in [0.3, 0.4) is 0 Å². The fourth-order valence-electron chi connectivity index (χ4n) is 2.73. The van der Waals surface area contributed by atoms with Gasteiger partial charge in [0.25, 0.3) is 0 Å². The van der Waals surface area contributed by atoms with Crippen LogP contribution >= 0.6 is 11.6 Å². The minimum Gasteiger partial charge on any atom is -0.496 e. The molecule has 0 saturated heterocycles. The summed E-state index contributed by atoms with van der Waals surface area (Å²) in [7, 11) is 1.60. The summed E-state index contributed by atoms with van der Waals surface area (Å²) in [5, 5.41) is 7.90. The molecule has 0 saturated carbocycles. The van der Waals surface area contributed by atoms with Crippen LogP contribution in [0.4, 0.5) is 5.82 Å². The van der Waals surface area contributed by atoms with Crippen LogP contribution in [0, 0.1) is 6.92 Å². The van der Waals surface area contributed by atoms with Crippen molar-refractivity contribution < 1.29 is 9.53 Å². The van der Waals surface area contributed by atoms with E-state index >= 15 is 0 Å². The maximum atomic E-state index is 12.5. The number of carbonyl (C=O) groups excluding carboxylic acids is 1. The van der Waals surface area contributed by atoms with Crippen molar-refractivity contribution in [1.82, 2.24) is 9.78 Å². The first-order valence-electron chi connectivity index (χ1n) is 8.25. The Kier molecular flexibility index (Phi) is 5.58. The zero-order chi connectivity index (χ0) is 18.5. The van der Waals surface area contributed by atoms with E-state index in [0.29, 0.717) is 23.1 Å². The smallest absolute Gasteiger partial charge is 0.230 e. The second-order valence-corrected chi connectivity index (χ2v) is 6.48. The van der Waals surface area contributed by atoms with E-state index in [4.69, 9.17) is 16.3 Å². The van der Waals surface area contributed by atoms with Gasteiger partial charge in [-0.15, -0.1) is 0 Å². The lowest BCUT2D eigenvalue weighted by Crippen LogP contribution is -2.18. The Bertz CT molecular complexity index is 904. The molecule has 0 bridgehead atoms. The highest BCUT2D eigenvalue weighted by Gasteiger charge is 2.12. The van der Waals surface area contributed by atoms with Crippen molar-refractivity contribution >= 4 is 23.3 Å². The van der Waals surface area contributed by atoms with Gasteiger partial charge in [-0.2, -0.15) is 5.10 Å². The third-order valence-corrected chi connectivity index (χ3v) is 4.27. The Hall–Kier alpha value is -2.79. The number of nitrogens with zero attached hydrogens (tertiary/aromatic N) is 2. The minimum absolute atomic E-state index is 0.119. The van der Waals surface area contributed by atoms with E-state index in [1.165, 1.54) is 0 Å². The molecule has 0 fully saturated rings. The number of amides is 1. The number of nitrogens with one attached hydrogen (secondary N) is 1. The minimum atomic E-state index is -0.119. The second-order valence-electron chi connectivity index (χ2n) is 6.04. The van der Waals surface area contributed by atoms with Gasteiger partial charge in [0, 0.05) is 16.7 Å². The van der Waals surface area contributed by atoms with Crippen LogP contribution < -0.4 is 10.1 Å². The van der Waals surface area contributed by atoms with Crippen molar-refractivity contribution in [1.29, 1.82) is 0 Å². The molecule has 2 aromatic carbocycles. The summed E-state index contributed by atoms with van der Waals surface area (Å²) in [5.74, 6) is 1.24. The van der Waals surface area contributed by atoms with Gasteiger partial charge < -0.3 is 10.1 Å². The normalized spacial score (nSPS) is 10.6.